The van der Waals surface area contributed by atoms with E-state index >= 15 is 0 Å². The lowest BCUT2D eigenvalue weighted by molar-refractivity contribution is 0.0883. The number of aromatic amines is 1. The maximum Gasteiger partial charge on any atom is 0.194 e. The SMILES string of the molecule is OC[C@H](O)CCNCc1cn[nH]c1-c1ccc(Cl)o1. The summed E-state index contributed by atoms with van der Waals surface area (Å²) in [6.07, 6.45) is 1.53. The minimum Gasteiger partial charge on any atom is -0.443 e. The zero-order valence-corrected chi connectivity index (χ0v) is 11.0. The van der Waals surface area contributed by atoms with Gasteiger partial charge < -0.3 is 19.9 Å². The van der Waals surface area contributed by atoms with Crippen LogP contribution in [0.4, 0.5) is 0 Å². The second-order valence-electron chi connectivity index (χ2n) is 4.18. The van der Waals surface area contributed by atoms with Crippen LogP contribution < -0.4 is 5.32 Å². The van der Waals surface area contributed by atoms with Crippen LogP contribution in [0.15, 0.2) is 22.7 Å². The molecule has 2 rings (SSSR count). The van der Waals surface area contributed by atoms with Crippen molar-refractivity contribution in [2.24, 2.45) is 0 Å². The Morgan fingerprint density at radius 2 is 2.32 bits per heavy atom. The molecule has 0 amide bonds. The molecule has 0 saturated heterocycles. The molecule has 1 atom stereocenters. The molecule has 4 N–H and O–H groups in total. The van der Waals surface area contributed by atoms with Crippen LogP contribution in [0.2, 0.25) is 5.22 Å². The molecule has 2 aromatic heterocycles. The van der Waals surface area contributed by atoms with Crippen LogP contribution in [-0.4, -0.2) is 39.7 Å². The molecule has 2 heterocycles. The average molecular weight is 286 g/mol. The predicted octanol–water partition coefficient (Wildman–Crippen LogP) is 1.16. The molecule has 0 aliphatic heterocycles. The van der Waals surface area contributed by atoms with Crippen LogP contribution in [0.5, 0.6) is 0 Å². The summed E-state index contributed by atoms with van der Waals surface area (Å²) in [6.45, 7) is 0.969. The van der Waals surface area contributed by atoms with Crippen LogP contribution in [0, 0.1) is 0 Å². The van der Waals surface area contributed by atoms with Gasteiger partial charge in [-0.2, -0.15) is 5.10 Å². The molecule has 0 saturated carbocycles. The third-order valence-electron chi connectivity index (χ3n) is 2.72. The van der Waals surface area contributed by atoms with Crippen LogP contribution in [0.3, 0.4) is 0 Å². The quantitative estimate of drug-likeness (QED) is 0.573. The number of furan rings is 1. The summed E-state index contributed by atoms with van der Waals surface area (Å²) in [5.41, 5.74) is 1.73. The first-order valence-electron chi connectivity index (χ1n) is 5.98. The van der Waals surface area contributed by atoms with Crippen molar-refractivity contribution in [3.05, 3.63) is 29.1 Å². The highest BCUT2D eigenvalue weighted by Gasteiger charge is 2.11. The van der Waals surface area contributed by atoms with Gasteiger partial charge in [0.15, 0.2) is 11.0 Å². The molecular weight excluding hydrogens is 270 g/mol. The summed E-state index contributed by atoms with van der Waals surface area (Å²) in [7, 11) is 0. The predicted molar refractivity (Wildman–Crippen MR) is 70.7 cm³/mol. The summed E-state index contributed by atoms with van der Waals surface area (Å²) >= 11 is 5.74. The Labute approximate surface area is 115 Å². The summed E-state index contributed by atoms with van der Waals surface area (Å²) in [5, 5.41) is 28.2. The molecule has 0 aliphatic rings. The maximum absolute atomic E-state index is 9.21. The number of hydrogen-bond acceptors (Lipinski definition) is 5. The molecule has 2 aromatic rings. The van der Waals surface area contributed by atoms with Crippen LogP contribution >= 0.6 is 11.6 Å². The van der Waals surface area contributed by atoms with Gasteiger partial charge in [-0.3, -0.25) is 5.10 Å². The standard InChI is InChI=1S/C12H16ClN3O3/c13-11-2-1-10(19-11)12-8(6-15-16-12)5-14-4-3-9(18)7-17/h1-2,6,9,14,17-18H,3-5,7H2,(H,15,16)/t9-/m1/s1. The van der Waals surface area contributed by atoms with E-state index in [9.17, 15) is 5.11 Å². The van der Waals surface area contributed by atoms with Gasteiger partial charge in [-0.05, 0) is 36.7 Å². The Kier molecular flexibility index (Phi) is 4.98. The van der Waals surface area contributed by atoms with Crippen LogP contribution in [0.25, 0.3) is 11.5 Å². The van der Waals surface area contributed by atoms with E-state index in [0.29, 0.717) is 30.5 Å². The van der Waals surface area contributed by atoms with E-state index in [0.717, 1.165) is 11.3 Å². The van der Waals surface area contributed by atoms with Crippen molar-refractivity contribution in [2.45, 2.75) is 19.1 Å². The Hall–Kier alpha value is -1.34. The van der Waals surface area contributed by atoms with Gasteiger partial charge in [0.2, 0.25) is 0 Å². The van der Waals surface area contributed by atoms with Crippen LogP contribution in [0.1, 0.15) is 12.0 Å². The lowest BCUT2D eigenvalue weighted by Crippen LogP contribution is -2.22. The van der Waals surface area contributed by atoms with Crippen molar-refractivity contribution in [3.8, 4) is 11.5 Å². The first-order chi connectivity index (χ1) is 9.20. The Morgan fingerprint density at radius 3 is 3.00 bits per heavy atom. The number of hydrogen-bond donors (Lipinski definition) is 4. The second-order valence-corrected chi connectivity index (χ2v) is 4.55. The third kappa shape index (κ3) is 3.81. The van der Waals surface area contributed by atoms with Gasteiger partial charge >= 0.3 is 0 Å². The number of aromatic nitrogens is 2. The average Bonchev–Trinajstić information content (AvgIpc) is 3.02. The van der Waals surface area contributed by atoms with Crippen molar-refractivity contribution in [1.29, 1.82) is 0 Å². The topological polar surface area (TPSA) is 94.3 Å². The molecule has 7 heteroatoms. The molecule has 0 aromatic carbocycles. The maximum atomic E-state index is 9.21. The fourth-order valence-corrected chi connectivity index (χ4v) is 1.84. The van der Waals surface area contributed by atoms with E-state index in [1.807, 2.05) is 0 Å². The molecule has 19 heavy (non-hydrogen) atoms. The first-order valence-corrected chi connectivity index (χ1v) is 6.36. The van der Waals surface area contributed by atoms with Gasteiger partial charge in [0.1, 0.15) is 5.69 Å². The minimum atomic E-state index is -0.680. The summed E-state index contributed by atoms with van der Waals surface area (Å²) in [4.78, 5) is 0. The first kappa shape index (κ1) is 14.1. The third-order valence-corrected chi connectivity index (χ3v) is 2.92. The van der Waals surface area contributed by atoms with Gasteiger partial charge in [0.25, 0.3) is 0 Å². The summed E-state index contributed by atoms with van der Waals surface area (Å²) < 4.78 is 5.32. The number of nitrogens with one attached hydrogen (secondary N) is 2. The lowest BCUT2D eigenvalue weighted by atomic mass is 10.2. The van der Waals surface area contributed by atoms with Crippen molar-refractivity contribution >= 4 is 11.6 Å². The second kappa shape index (κ2) is 6.72. The largest absolute Gasteiger partial charge is 0.443 e. The zero-order valence-electron chi connectivity index (χ0n) is 10.3. The number of nitrogens with zero attached hydrogens (tertiary/aromatic N) is 1. The highest BCUT2D eigenvalue weighted by Crippen LogP contribution is 2.25. The molecule has 104 valence electrons. The number of aliphatic hydroxyl groups excluding tert-OH is 2. The Bertz CT molecular complexity index is 512. The summed E-state index contributed by atoms with van der Waals surface area (Å²) in [5.74, 6) is 0.634. The fourth-order valence-electron chi connectivity index (χ4n) is 1.69. The normalized spacial score (nSPS) is 12.8. The number of halogens is 1. The van der Waals surface area contributed by atoms with Gasteiger partial charge in [-0.1, -0.05) is 0 Å². The number of aliphatic hydroxyl groups is 2. The van der Waals surface area contributed by atoms with E-state index in [4.69, 9.17) is 21.1 Å². The highest BCUT2D eigenvalue weighted by molar-refractivity contribution is 6.28. The minimum absolute atomic E-state index is 0.219. The Balaban J connectivity index is 1.90. The smallest absolute Gasteiger partial charge is 0.194 e. The van der Waals surface area contributed by atoms with Crippen molar-refractivity contribution in [2.75, 3.05) is 13.2 Å². The molecule has 0 spiro atoms. The molecule has 0 aliphatic carbocycles. The molecule has 0 radical (unpaired) electrons. The monoisotopic (exact) mass is 285 g/mol. The lowest BCUT2D eigenvalue weighted by Gasteiger charge is -2.07. The van der Waals surface area contributed by atoms with Crippen LogP contribution in [-0.2, 0) is 6.54 Å². The molecule has 6 nitrogen and oxygen atoms in total. The van der Waals surface area contributed by atoms with Gasteiger partial charge in [-0.15, -0.1) is 0 Å². The van der Waals surface area contributed by atoms with E-state index < -0.39 is 6.10 Å². The van der Waals surface area contributed by atoms with Crippen molar-refractivity contribution < 1.29 is 14.6 Å². The van der Waals surface area contributed by atoms with Gasteiger partial charge in [0, 0.05) is 12.1 Å². The molecule has 0 bridgehead atoms. The zero-order chi connectivity index (χ0) is 13.7. The molecular formula is C12H16ClN3O3. The van der Waals surface area contributed by atoms with E-state index in [1.165, 1.54) is 0 Å². The summed E-state index contributed by atoms with van der Waals surface area (Å²) in [6, 6.07) is 3.45. The molecule has 0 fully saturated rings. The van der Waals surface area contributed by atoms with Crippen molar-refractivity contribution in [1.82, 2.24) is 15.5 Å². The van der Waals surface area contributed by atoms with E-state index in [-0.39, 0.29) is 6.61 Å². The number of H-pyrrole nitrogens is 1. The van der Waals surface area contributed by atoms with E-state index in [1.54, 1.807) is 18.3 Å². The van der Waals surface area contributed by atoms with Gasteiger partial charge in [0.05, 0.1) is 18.9 Å². The van der Waals surface area contributed by atoms with Gasteiger partial charge in [-0.25, -0.2) is 0 Å². The number of rotatable bonds is 7. The van der Waals surface area contributed by atoms with Crippen molar-refractivity contribution in [3.63, 3.8) is 0 Å². The molecule has 0 unspecified atom stereocenters. The van der Waals surface area contributed by atoms with E-state index in [2.05, 4.69) is 15.5 Å². The highest BCUT2D eigenvalue weighted by atomic mass is 35.5. The Morgan fingerprint density at radius 1 is 1.47 bits per heavy atom. The fraction of sp³-hybridized carbons (Fsp3) is 0.417.